The maximum Gasteiger partial charge on any atom is 0.266 e. The van der Waals surface area contributed by atoms with E-state index in [9.17, 15) is 4.79 Å². The van der Waals surface area contributed by atoms with E-state index in [1.54, 1.807) is 16.8 Å². The standard InChI is InChI=1S/C10H15N3O/c1-8-2-3-10(14)13(12-8)7-9-4-5-11-6-9/h2-3,9,11H,4-7H2,1H3. The molecule has 0 radical (unpaired) electrons. The van der Waals surface area contributed by atoms with Gasteiger partial charge < -0.3 is 5.32 Å². The summed E-state index contributed by atoms with van der Waals surface area (Å²) in [5.41, 5.74) is 0.901. The Hall–Kier alpha value is -1.16. The molecule has 4 nitrogen and oxygen atoms in total. The van der Waals surface area contributed by atoms with Crippen LogP contribution in [0.3, 0.4) is 0 Å². The van der Waals surface area contributed by atoms with E-state index in [0.717, 1.165) is 31.7 Å². The van der Waals surface area contributed by atoms with Gasteiger partial charge in [-0.2, -0.15) is 5.10 Å². The minimum Gasteiger partial charge on any atom is -0.316 e. The second kappa shape index (κ2) is 3.92. The van der Waals surface area contributed by atoms with Gasteiger partial charge in [0.15, 0.2) is 0 Å². The van der Waals surface area contributed by atoms with Crippen molar-refractivity contribution in [2.24, 2.45) is 5.92 Å². The Kier molecular flexibility index (Phi) is 2.63. The second-order valence-corrected chi connectivity index (χ2v) is 3.85. The normalized spacial score (nSPS) is 21.4. The molecule has 0 aromatic carbocycles. The number of aromatic nitrogens is 2. The van der Waals surface area contributed by atoms with Gasteiger partial charge in [-0.25, -0.2) is 4.68 Å². The van der Waals surface area contributed by atoms with Gasteiger partial charge in [0.25, 0.3) is 5.56 Å². The maximum absolute atomic E-state index is 11.4. The minimum absolute atomic E-state index is 0.00231. The molecule has 76 valence electrons. The highest BCUT2D eigenvalue weighted by atomic mass is 16.1. The molecule has 1 aliphatic heterocycles. The summed E-state index contributed by atoms with van der Waals surface area (Å²) >= 11 is 0. The van der Waals surface area contributed by atoms with Gasteiger partial charge >= 0.3 is 0 Å². The molecule has 0 saturated carbocycles. The van der Waals surface area contributed by atoms with Crippen LogP contribution in [0.5, 0.6) is 0 Å². The zero-order valence-electron chi connectivity index (χ0n) is 8.36. The molecule has 1 N–H and O–H groups in total. The van der Waals surface area contributed by atoms with E-state index in [1.165, 1.54) is 0 Å². The lowest BCUT2D eigenvalue weighted by molar-refractivity contribution is 0.431. The van der Waals surface area contributed by atoms with Gasteiger partial charge in [0.05, 0.1) is 5.69 Å². The highest BCUT2D eigenvalue weighted by molar-refractivity contribution is 4.97. The summed E-state index contributed by atoms with van der Waals surface area (Å²) in [6, 6.07) is 3.34. The van der Waals surface area contributed by atoms with E-state index in [-0.39, 0.29) is 5.56 Å². The van der Waals surface area contributed by atoms with Crippen molar-refractivity contribution in [1.82, 2.24) is 15.1 Å². The smallest absolute Gasteiger partial charge is 0.266 e. The number of nitrogens with one attached hydrogen (secondary N) is 1. The van der Waals surface area contributed by atoms with Crippen molar-refractivity contribution in [2.75, 3.05) is 13.1 Å². The van der Waals surface area contributed by atoms with Gasteiger partial charge in [-0.15, -0.1) is 0 Å². The van der Waals surface area contributed by atoms with Crippen molar-refractivity contribution in [3.8, 4) is 0 Å². The van der Waals surface area contributed by atoms with E-state index in [4.69, 9.17) is 0 Å². The Morgan fingerprint density at radius 1 is 1.64 bits per heavy atom. The van der Waals surface area contributed by atoms with Crippen LogP contribution in [-0.2, 0) is 6.54 Å². The Morgan fingerprint density at radius 3 is 3.21 bits per heavy atom. The van der Waals surface area contributed by atoms with Crippen LogP contribution in [0.15, 0.2) is 16.9 Å². The molecule has 1 saturated heterocycles. The monoisotopic (exact) mass is 193 g/mol. The molecule has 0 spiro atoms. The van der Waals surface area contributed by atoms with Crippen LogP contribution < -0.4 is 10.9 Å². The summed E-state index contributed by atoms with van der Waals surface area (Å²) in [5.74, 6) is 0.557. The summed E-state index contributed by atoms with van der Waals surface area (Å²) in [7, 11) is 0. The molecule has 0 amide bonds. The molecular weight excluding hydrogens is 178 g/mol. The molecule has 1 aromatic heterocycles. The Morgan fingerprint density at radius 2 is 2.50 bits per heavy atom. The number of rotatable bonds is 2. The van der Waals surface area contributed by atoms with Gasteiger partial charge in [0, 0.05) is 12.6 Å². The lowest BCUT2D eigenvalue weighted by Crippen LogP contribution is -2.27. The molecule has 0 aliphatic carbocycles. The van der Waals surface area contributed by atoms with Crippen molar-refractivity contribution < 1.29 is 0 Å². The molecule has 14 heavy (non-hydrogen) atoms. The van der Waals surface area contributed by atoms with Crippen LogP contribution >= 0.6 is 0 Å². The molecule has 1 atom stereocenters. The molecule has 1 aliphatic rings. The van der Waals surface area contributed by atoms with E-state index in [2.05, 4.69) is 10.4 Å². The van der Waals surface area contributed by atoms with Crippen LogP contribution in [0.25, 0.3) is 0 Å². The first kappa shape index (κ1) is 9.40. The Bertz CT molecular complexity index is 366. The van der Waals surface area contributed by atoms with Gasteiger partial charge in [-0.05, 0) is 38.4 Å². The Balaban J connectivity index is 2.15. The average molecular weight is 193 g/mol. The van der Waals surface area contributed by atoms with Crippen molar-refractivity contribution in [2.45, 2.75) is 19.9 Å². The molecule has 1 fully saturated rings. The van der Waals surface area contributed by atoms with E-state index in [0.29, 0.717) is 5.92 Å². The molecule has 2 heterocycles. The third-order valence-corrected chi connectivity index (χ3v) is 2.59. The predicted molar refractivity (Wildman–Crippen MR) is 54.2 cm³/mol. The highest BCUT2D eigenvalue weighted by Crippen LogP contribution is 2.08. The van der Waals surface area contributed by atoms with Crippen LogP contribution in [0.2, 0.25) is 0 Å². The van der Waals surface area contributed by atoms with Crippen LogP contribution in [0.4, 0.5) is 0 Å². The van der Waals surface area contributed by atoms with Crippen LogP contribution in [0.1, 0.15) is 12.1 Å². The molecule has 1 unspecified atom stereocenters. The fraction of sp³-hybridized carbons (Fsp3) is 0.600. The zero-order chi connectivity index (χ0) is 9.97. The van der Waals surface area contributed by atoms with Crippen molar-refractivity contribution in [1.29, 1.82) is 0 Å². The Labute approximate surface area is 82.9 Å². The van der Waals surface area contributed by atoms with Crippen molar-refractivity contribution in [3.05, 3.63) is 28.2 Å². The summed E-state index contributed by atoms with van der Waals surface area (Å²) in [5, 5.41) is 7.50. The van der Waals surface area contributed by atoms with Crippen molar-refractivity contribution >= 4 is 0 Å². The average Bonchev–Trinajstić information content (AvgIpc) is 2.64. The zero-order valence-corrected chi connectivity index (χ0v) is 8.36. The second-order valence-electron chi connectivity index (χ2n) is 3.85. The van der Waals surface area contributed by atoms with E-state index < -0.39 is 0 Å². The molecule has 0 bridgehead atoms. The minimum atomic E-state index is 0.00231. The van der Waals surface area contributed by atoms with Crippen LogP contribution in [0, 0.1) is 12.8 Å². The summed E-state index contributed by atoms with van der Waals surface area (Å²) in [4.78, 5) is 11.4. The van der Waals surface area contributed by atoms with Gasteiger partial charge in [-0.3, -0.25) is 4.79 Å². The number of hydrogen-bond acceptors (Lipinski definition) is 3. The van der Waals surface area contributed by atoms with Crippen LogP contribution in [-0.4, -0.2) is 22.9 Å². The first-order valence-electron chi connectivity index (χ1n) is 5.01. The van der Waals surface area contributed by atoms with E-state index in [1.807, 2.05) is 6.92 Å². The summed E-state index contributed by atoms with van der Waals surface area (Å²) in [6.45, 7) is 4.71. The first-order chi connectivity index (χ1) is 6.75. The molecule has 4 heteroatoms. The topological polar surface area (TPSA) is 46.9 Å². The first-order valence-corrected chi connectivity index (χ1v) is 5.01. The van der Waals surface area contributed by atoms with Gasteiger partial charge in [-0.1, -0.05) is 0 Å². The molecule has 2 rings (SSSR count). The maximum atomic E-state index is 11.4. The highest BCUT2D eigenvalue weighted by Gasteiger charge is 2.15. The number of nitrogens with zero attached hydrogens (tertiary/aromatic N) is 2. The van der Waals surface area contributed by atoms with Gasteiger partial charge in [0.1, 0.15) is 0 Å². The lowest BCUT2D eigenvalue weighted by atomic mass is 10.1. The van der Waals surface area contributed by atoms with E-state index >= 15 is 0 Å². The third-order valence-electron chi connectivity index (χ3n) is 2.59. The molecule has 1 aromatic rings. The predicted octanol–water partition coefficient (Wildman–Crippen LogP) is 0.161. The largest absolute Gasteiger partial charge is 0.316 e. The quantitative estimate of drug-likeness (QED) is 0.728. The third kappa shape index (κ3) is 2.01. The van der Waals surface area contributed by atoms with Crippen molar-refractivity contribution in [3.63, 3.8) is 0 Å². The summed E-state index contributed by atoms with van der Waals surface area (Å²) < 4.78 is 1.58. The number of hydrogen-bond donors (Lipinski definition) is 1. The SMILES string of the molecule is Cc1ccc(=O)n(CC2CCNC2)n1. The fourth-order valence-electron chi connectivity index (χ4n) is 1.80. The lowest BCUT2D eigenvalue weighted by Gasteiger charge is -2.09. The van der Waals surface area contributed by atoms with Gasteiger partial charge in [0.2, 0.25) is 0 Å². The fourth-order valence-corrected chi connectivity index (χ4v) is 1.80. The molecular formula is C10H15N3O. The number of aryl methyl sites for hydroxylation is 1. The summed E-state index contributed by atoms with van der Waals surface area (Å²) in [6.07, 6.45) is 1.14.